The van der Waals surface area contributed by atoms with E-state index in [4.69, 9.17) is 4.74 Å². The van der Waals surface area contributed by atoms with Crippen LogP contribution >= 0.6 is 11.8 Å². The average Bonchev–Trinajstić information content (AvgIpc) is 2.54. The molecule has 0 aliphatic heterocycles. The van der Waals surface area contributed by atoms with Gasteiger partial charge >= 0.3 is 5.97 Å². The number of ether oxygens (including phenoxy) is 1. The van der Waals surface area contributed by atoms with Crippen molar-refractivity contribution in [3.8, 4) is 0 Å². The number of anilines is 1. The quantitative estimate of drug-likeness (QED) is 0.465. The largest absolute Gasteiger partial charge is 0.462 e. The lowest BCUT2D eigenvalue weighted by Gasteiger charge is -2.12. The van der Waals surface area contributed by atoms with E-state index in [-0.39, 0.29) is 11.5 Å². The highest BCUT2D eigenvalue weighted by atomic mass is 32.2. The molecule has 0 radical (unpaired) electrons. The van der Waals surface area contributed by atoms with Gasteiger partial charge in [-0.05, 0) is 45.0 Å². The van der Waals surface area contributed by atoms with Gasteiger partial charge in [-0.3, -0.25) is 9.59 Å². The number of thioether (sulfide) groups is 1. The van der Waals surface area contributed by atoms with Crippen molar-refractivity contribution in [1.29, 1.82) is 0 Å². The third kappa shape index (κ3) is 5.46. The average molecular weight is 361 g/mol. The molecule has 1 aromatic heterocycles. The highest BCUT2D eigenvalue weighted by Crippen LogP contribution is 2.20. The van der Waals surface area contributed by atoms with E-state index in [1.165, 1.54) is 6.07 Å². The summed E-state index contributed by atoms with van der Waals surface area (Å²) in [5.74, 6) is -0.642. The van der Waals surface area contributed by atoms with Crippen LogP contribution in [-0.4, -0.2) is 33.7 Å². The van der Waals surface area contributed by atoms with Crippen LogP contribution in [-0.2, 0) is 9.53 Å². The summed E-state index contributed by atoms with van der Waals surface area (Å²) in [6, 6.07) is 7.83. The molecule has 2 N–H and O–H groups in total. The number of H-pyrrole nitrogens is 1. The molecule has 0 spiro atoms. The van der Waals surface area contributed by atoms with Gasteiger partial charge in [0.25, 0.3) is 5.56 Å². The number of nitrogens with zero attached hydrogens (tertiary/aromatic N) is 1. The van der Waals surface area contributed by atoms with Crippen LogP contribution < -0.4 is 10.9 Å². The van der Waals surface area contributed by atoms with Gasteiger partial charge in [0, 0.05) is 17.4 Å². The predicted molar refractivity (Wildman–Crippen MR) is 95.9 cm³/mol. The Morgan fingerprint density at radius 2 is 2.00 bits per heavy atom. The van der Waals surface area contributed by atoms with Crippen LogP contribution in [0, 0.1) is 6.92 Å². The van der Waals surface area contributed by atoms with Crippen molar-refractivity contribution < 1.29 is 14.3 Å². The number of amides is 1. The molecule has 8 heteroatoms. The second-order valence-electron chi connectivity index (χ2n) is 5.24. The number of carbonyl (C=O) groups excluding carboxylic acids is 2. The molecule has 0 bridgehead atoms. The highest BCUT2D eigenvalue weighted by molar-refractivity contribution is 8.00. The third-order valence-corrected chi connectivity index (χ3v) is 4.15. The lowest BCUT2D eigenvalue weighted by atomic mass is 10.2. The van der Waals surface area contributed by atoms with Crippen LogP contribution in [0.15, 0.2) is 40.3 Å². The molecule has 1 unspecified atom stereocenters. The minimum atomic E-state index is -0.463. The first kappa shape index (κ1) is 18.7. The Balaban J connectivity index is 1.98. The summed E-state index contributed by atoms with van der Waals surface area (Å²) in [5, 5.41) is 2.69. The lowest BCUT2D eigenvalue weighted by Crippen LogP contribution is -2.23. The van der Waals surface area contributed by atoms with Crippen LogP contribution in [0.5, 0.6) is 0 Å². The smallest absolute Gasteiger partial charge is 0.338 e. The molecule has 0 aliphatic rings. The van der Waals surface area contributed by atoms with Gasteiger partial charge in [-0.1, -0.05) is 11.8 Å². The first-order valence-corrected chi connectivity index (χ1v) is 8.59. The Labute approximate surface area is 149 Å². The minimum Gasteiger partial charge on any atom is -0.462 e. The number of esters is 1. The normalized spacial score (nSPS) is 11.6. The molecular formula is C17H19N3O4S. The van der Waals surface area contributed by atoms with Gasteiger partial charge in [0.2, 0.25) is 5.91 Å². The van der Waals surface area contributed by atoms with Gasteiger partial charge in [0.05, 0.1) is 17.4 Å². The van der Waals surface area contributed by atoms with Gasteiger partial charge in [-0.25, -0.2) is 9.78 Å². The number of aromatic nitrogens is 2. The van der Waals surface area contributed by atoms with Crippen LogP contribution in [0.2, 0.25) is 0 Å². The fraction of sp³-hybridized carbons (Fsp3) is 0.294. The first-order chi connectivity index (χ1) is 11.9. The number of benzene rings is 1. The van der Waals surface area contributed by atoms with Crippen molar-refractivity contribution in [2.75, 3.05) is 11.9 Å². The molecule has 1 aromatic carbocycles. The minimum absolute atomic E-state index is 0.238. The van der Waals surface area contributed by atoms with E-state index in [1.54, 1.807) is 45.0 Å². The second kappa shape index (κ2) is 8.48. The molecule has 1 heterocycles. The molecule has 0 aliphatic carbocycles. The van der Waals surface area contributed by atoms with Gasteiger partial charge in [0.1, 0.15) is 0 Å². The van der Waals surface area contributed by atoms with Crippen molar-refractivity contribution in [2.24, 2.45) is 0 Å². The van der Waals surface area contributed by atoms with Crippen molar-refractivity contribution in [3.05, 3.63) is 51.9 Å². The van der Waals surface area contributed by atoms with Crippen LogP contribution in [0.1, 0.15) is 29.9 Å². The Morgan fingerprint density at radius 1 is 1.32 bits per heavy atom. The number of nitrogens with one attached hydrogen (secondary N) is 2. The molecule has 2 rings (SSSR count). The van der Waals surface area contributed by atoms with E-state index >= 15 is 0 Å². The van der Waals surface area contributed by atoms with Gasteiger partial charge < -0.3 is 15.0 Å². The molecule has 0 saturated heterocycles. The Kier molecular flexibility index (Phi) is 6.35. The zero-order chi connectivity index (χ0) is 18.4. The molecule has 1 amide bonds. The van der Waals surface area contributed by atoms with E-state index in [0.29, 0.717) is 28.7 Å². The van der Waals surface area contributed by atoms with Crippen LogP contribution in [0.3, 0.4) is 0 Å². The summed E-state index contributed by atoms with van der Waals surface area (Å²) in [4.78, 5) is 42.1. The number of aromatic amines is 1. The fourth-order valence-electron chi connectivity index (χ4n) is 1.98. The van der Waals surface area contributed by atoms with E-state index in [9.17, 15) is 14.4 Å². The molecule has 25 heavy (non-hydrogen) atoms. The van der Waals surface area contributed by atoms with Crippen molar-refractivity contribution >= 4 is 29.3 Å². The zero-order valence-corrected chi connectivity index (χ0v) is 15.0. The van der Waals surface area contributed by atoms with Crippen molar-refractivity contribution in [2.45, 2.75) is 31.2 Å². The van der Waals surface area contributed by atoms with Gasteiger partial charge in [-0.15, -0.1) is 0 Å². The summed E-state index contributed by atoms with van der Waals surface area (Å²) in [6.07, 6.45) is 0. The maximum absolute atomic E-state index is 12.3. The highest BCUT2D eigenvalue weighted by Gasteiger charge is 2.16. The maximum Gasteiger partial charge on any atom is 0.338 e. The number of aryl methyl sites for hydroxylation is 1. The second-order valence-corrected chi connectivity index (χ2v) is 6.57. The Morgan fingerprint density at radius 3 is 2.60 bits per heavy atom. The van der Waals surface area contributed by atoms with Gasteiger partial charge in [0.15, 0.2) is 5.16 Å². The third-order valence-electron chi connectivity index (χ3n) is 3.17. The summed E-state index contributed by atoms with van der Waals surface area (Å²) >= 11 is 1.16. The molecule has 0 saturated carbocycles. The van der Waals surface area contributed by atoms with E-state index in [0.717, 1.165) is 11.8 Å². The SMILES string of the molecule is CCOC(=O)c1ccc(NC(=O)C(C)Sc2nc(C)cc(=O)[nH]2)cc1. The standard InChI is InChI=1S/C17H19N3O4S/c1-4-24-16(23)12-5-7-13(8-6-12)19-15(22)11(3)25-17-18-10(2)9-14(21)20-17/h5-9,11H,4H2,1-3H3,(H,19,22)(H,18,20,21). The predicted octanol–water partition coefficient (Wildman–Crippen LogP) is 2.37. The van der Waals surface area contributed by atoms with E-state index in [2.05, 4.69) is 15.3 Å². The fourth-order valence-corrected chi connectivity index (χ4v) is 2.83. The summed E-state index contributed by atoms with van der Waals surface area (Å²) in [5.41, 5.74) is 1.32. The summed E-state index contributed by atoms with van der Waals surface area (Å²) in [7, 11) is 0. The van der Waals surface area contributed by atoms with E-state index < -0.39 is 11.2 Å². The Hall–Kier alpha value is -2.61. The molecule has 7 nitrogen and oxygen atoms in total. The number of hydrogen-bond donors (Lipinski definition) is 2. The van der Waals surface area contributed by atoms with E-state index in [1.807, 2.05) is 0 Å². The number of carbonyl (C=O) groups is 2. The summed E-state index contributed by atoms with van der Waals surface area (Å²) in [6.45, 7) is 5.48. The maximum atomic E-state index is 12.3. The molecule has 132 valence electrons. The molecular weight excluding hydrogens is 342 g/mol. The zero-order valence-electron chi connectivity index (χ0n) is 14.2. The summed E-state index contributed by atoms with van der Waals surface area (Å²) < 4.78 is 4.91. The van der Waals surface area contributed by atoms with Crippen LogP contribution in [0.4, 0.5) is 5.69 Å². The Bertz CT molecular complexity index is 817. The van der Waals surface area contributed by atoms with Crippen molar-refractivity contribution in [3.63, 3.8) is 0 Å². The monoisotopic (exact) mass is 361 g/mol. The first-order valence-electron chi connectivity index (χ1n) is 7.71. The lowest BCUT2D eigenvalue weighted by molar-refractivity contribution is -0.115. The number of hydrogen-bond acceptors (Lipinski definition) is 6. The molecule has 2 aromatic rings. The van der Waals surface area contributed by atoms with Gasteiger partial charge in [-0.2, -0.15) is 0 Å². The van der Waals surface area contributed by atoms with Crippen molar-refractivity contribution in [1.82, 2.24) is 9.97 Å². The molecule has 1 atom stereocenters. The molecule has 0 fully saturated rings. The van der Waals surface area contributed by atoms with Crippen LogP contribution in [0.25, 0.3) is 0 Å². The number of rotatable bonds is 6. The topological polar surface area (TPSA) is 101 Å².